The van der Waals surface area contributed by atoms with E-state index in [4.69, 9.17) is 4.42 Å². The molecule has 3 heteroatoms. The van der Waals surface area contributed by atoms with E-state index >= 15 is 0 Å². The molecule has 36 heavy (non-hydrogen) atoms. The van der Waals surface area contributed by atoms with Gasteiger partial charge >= 0.3 is 0 Å². The maximum atomic E-state index is 6.36. The maximum Gasteiger partial charge on any atom is 0.143 e. The van der Waals surface area contributed by atoms with Gasteiger partial charge in [0.2, 0.25) is 0 Å². The molecular formula is C33H22OS2. The minimum absolute atomic E-state index is 0.0698. The third-order valence-corrected chi connectivity index (χ3v) is 10.3. The van der Waals surface area contributed by atoms with E-state index in [1.54, 1.807) is 0 Å². The van der Waals surface area contributed by atoms with Gasteiger partial charge in [0.15, 0.2) is 0 Å². The largest absolute Gasteiger partial charge is 0.455 e. The lowest BCUT2D eigenvalue weighted by molar-refractivity contribution is 0.657. The van der Waals surface area contributed by atoms with Gasteiger partial charge in [-0.05, 0) is 64.2 Å². The maximum absolute atomic E-state index is 6.36. The van der Waals surface area contributed by atoms with Crippen LogP contribution in [0.25, 0.3) is 44.2 Å². The number of benzene rings is 5. The van der Waals surface area contributed by atoms with E-state index in [9.17, 15) is 0 Å². The molecule has 0 radical (unpaired) electrons. The average molecular weight is 499 g/mol. The Hall–Kier alpha value is -3.40. The SMILES string of the molecule is CC1(C)c2cc(-c3cccc4c3oc3ccccc34)ccc2-c2cc3c(cc21)Sc1ccccc1S3. The van der Waals surface area contributed by atoms with E-state index in [0.717, 1.165) is 16.7 Å². The monoisotopic (exact) mass is 498 g/mol. The van der Waals surface area contributed by atoms with E-state index in [1.165, 1.54) is 58.2 Å². The summed E-state index contributed by atoms with van der Waals surface area (Å²) in [4.78, 5) is 5.43. The topological polar surface area (TPSA) is 13.1 Å². The molecule has 0 fully saturated rings. The zero-order chi connectivity index (χ0) is 24.0. The highest BCUT2D eigenvalue weighted by molar-refractivity contribution is 8.05. The molecule has 0 saturated heterocycles. The second-order valence-electron chi connectivity index (χ2n) is 10.2. The number of furan rings is 1. The smallest absolute Gasteiger partial charge is 0.143 e. The molecule has 2 heterocycles. The van der Waals surface area contributed by atoms with Gasteiger partial charge in [0.1, 0.15) is 11.2 Å². The molecule has 0 unspecified atom stereocenters. The lowest BCUT2D eigenvalue weighted by Crippen LogP contribution is -2.15. The number of para-hydroxylation sites is 2. The van der Waals surface area contributed by atoms with Crippen molar-refractivity contribution in [2.75, 3.05) is 0 Å². The van der Waals surface area contributed by atoms with E-state index in [2.05, 4.69) is 105 Å². The summed E-state index contributed by atoms with van der Waals surface area (Å²) in [5.41, 5.74) is 9.72. The van der Waals surface area contributed by atoms with Crippen LogP contribution < -0.4 is 0 Å². The molecule has 6 aromatic rings. The van der Waals surface area contributed by atoms with Crippen LogP contribution in [0.4, 0.5) is 0 Å². The lowest BCUT2D eigenvalue weighted by Gasteiger charge is -2.24. The molecule has 1 aromatic heterocycles. The van der Waals surface area contributed by atoms with Crippen LogP contribution in [0.1, 0.15) is 25.0 Å². The third kappa shape index (κ3) is 2.81. The van der Waals surface area contributed by atoms with Crippen LogP contribution in [-0.4, -0.2) is 0 Å². The predicted octanol–water partition coefficient (Wildman–Crippen LogP) is 10.2. The van der Waals surface area contributed by atoms with Crippen LogP contribution in [0.3, 0.4) is 0 Å². The van der Waals surface area contributed by atoms with Gasteiger partial charge in [-0.2, -0.15) is 0 Å². The fraction of sp³-hybridized carbons (Fsp3) is 0.0909. The van der Waals surface area contributed by atoms with E-state index in [0.29, 0.717) is 0 Å². The molecule has 0 atom stereocenters. The first-order valence-electron chi connectivity index (χ1n) is 12.3. The zero-order valence-corrected chi connectivity index (χ0v) is 21.6. The summed E-state index contributed by atoms with van der Waals surface area (Å²) in [5, 5.41) is 2.34. The van der Waals surface area contributed by atoms with Crippen LogP contribution >= 0.6 is 23.5 Å². The first-order chi connectivity index (χ1) is 17.6. The summed E-state index contributed by atoms with van der Waals surface area (Å²) < 4.78 is 6.36. The van der Waals surface area contributed by atoms with Crippen molar-refractivity contribution in [3.8, 4) is 22.3 Å². The Balaban J connectivity index is 1.29. The highest BCUT2D eigenvalue weighted by Crippen LogP contribution is 2.56. The van der Waals surface area contributed by atoms with Gasteiger partial charge in [-0.15, -0.1) is 0 Å². The van der Waals surface area contributed by atoms with Gasteiger partial charge in [0.05, 0.1) is 0 Å². The van der Waals surface area contributed by atoms with Gasteiger partial charge in [-0.3, -0.25) is 0 Å². The van der Waals surface area contributed by atoms with Crippen molar-refractivity contribution in [2.24, 2.45) is 0 Å². The Bertz CT molecular complexity index is 1880. The van der Waals surface area contributed by atoms with Gasteiger partial charge in [0, 0.05) is 41.3 Å². The molecule has 0 bridgehead atoms. The van der Waals surface area contributed by atoms with Crippen molar-refractivity contribution in [3.05, 3.63) is 108 Å². The summed E-state index contributed by atoms with van der Waals surface area (Å²) in [6.07, 6.45) is 0. The average Bonchev–Trinajstić information content (AvgIpc) is 3.39. The Kier molecular flexibility index (Phi) is 4.22. The summed E-state index contributed by atoms with van der Waals surface area (Å²) in [7, 11) is 0. The molecule has 0 amide bonds. The van der Waals surface area contributed by atoms with Crippen molar-refractivity contribution >= 4 is 45.5 Å². The summed E-state index contributed by atoms with van der Waals surface area (Å²) in [6.45, 7) is 4.73. The Morgan fingerprint density at radius 2 is 1.25 bits per heavy atom. The Morgan fingerprint density at radius 3 is 2.08 bits per heavy atom. The zero-order valence-electron chi connectivity index (χ0n) is 20.0. The first kappa shape index (κ1) is 20.8. The normalized spacial score (nSPS) is 14.9. The molecule has 1 nitrogen and oxygen atoms in total. The van der Waals surface area contributed by atoms with Crippen molar-refractivity contribution in [1.29, 1.82) is 0 Å². The van der Waals surface area contributed by atoms with Crippen LogP contribution in [0.15, 0.2) is 121 Å². The second-order valence-corrected chi connectivity index (χ2v) is 12.3. The molecule has 0 N–H and O–H groups in total. The van der Waals surface area contributed by atoms with Crippen molar-refractivity contribution in [2.45, 2.75) is 38.8 Å². The van der Waals surface area contributed by atoms with E-state index in [-0.39, 0.29) is 5.41 Å². The highest BCUT2D eigenvalue weighted by atomic mass is 32.2. The second kappa shape index (κ2) is 7.32. The minimum Gasteiger partial charge on any atom is -0.455 e. The Morgan fingerprint density at radius 1 is 0.556 bits per heavy atom. The summed E-state index contributed by atoms with van der Waals surface area (Å²) in [5.74, 6) is 0. The molecule has 5 aromatic carbocycles. The summed E-state index contributed by atoms with van der Waals surface area (Å²) >= 11 is 3.79. The molecule has 0 spiro atoms. The molecule has 8 rings (SSSR count). The molecule has 1 aliphatic heterocycles. The van der Waals surface area contributed by atoms with Crippen molar-refractivity contribution < 1.29 is 4.42 Å². The molecule has 0 saturated carbocycles. The third-order valence-electron chi connectivity index (χ3n) is 7.74. The van der Waals surface area contributed by atoms with Crippen LogP contribution in [-0.2, 0) is 5.41 Å². The van der Waals surface area contributed by atoms with Crippen LogP contribution in [0.2, 0.25) is 0 Å². The summed E-state index contributed by atoms with van der Waals surface area (Å²) in [6, 6.07) is 35.4. The molecular weight excluding hydrogens is 476 g/mol. The molecule has 172 valence electrons. The lowest BCUT2D eigenvalue weighted by atomic mass is 9.81. The fourth-order valence-electron chi connectivity index (χ4n) is 5.90. The van der Waals surface area contributed by atoms with Crippen molar-refractivity contribution in [1.82, 2.24) is 0 Å². The van der Waals surface area contributed by atoms with Gasteiger partial charge < -0.3 is 4.42 Å². The number of rotatable bonds is 1. The predicted molar refractivity (Wildman–Crippen MR) is 151 cm³/mol. The number of hydrogen-bond donors (Lipinski definition) is 0. The Labute approximate surface area is 218 Å². The fourth-order valence-corrected chi connectivity index (χ4v) is 8.18. The van der Waals surface area contributed by atoms with Crippen LogP contribution in [0, 0.1) is 0 Å². The molecule has 2 aliphatic rings. The van der Waals surface area contributed by atoms with E-state index in [1.807, 2.05) is 29.6 Å². The van der Waals surface area contributed by atoms with Gasteiger partial charge in [0.25, 0.3) is 0 Å². The van der Waals surface area contributed by atoms with Gasteiger partial charge in [-0.1, -0.05) is 98.0 Å². The number of fused-ring (bicyclic) bond motifs is 8. The minimum atomic E-state index is -0.0698. The quantitative estimate of drug-likeness (QED) is 0.223. The highest BCUT2D eigenvalue weighted by Gasteiger charge is 2.37. The van der Waals surface area contributed by atoms with Crippen molar-refractivity contribution in [3.63, 3.8) is 0 Å². The first-order valence-corrected chi connectivity index (χ1v) is 13.9. The van der Waals surface area contributed by atoms with E-state index < -0.39 is 0 Å². The number of hydrogen-bond acceptors (Lipinski definition) is 3. The van der Waals surface area contributed by atoms with Gasteiger partial charge in [-0.25, -0.2) is 0 Å². The standard InChI is InChI=1S/C33H22OS2/c1-33(2)25-16-19(20-9-7-10-23-22-8-3-4-11-27(22)34-32(20)23)14-15-21(25)24-17-30-31(18-26(24)33)36-29-13-6-5-12-28(29)35-30/h3-18H,1-2H3. The molecule has 1 aliphatic carbocycles. The van der Waals surface area contributed by atoms with Crippen LogP contribution in [0.5, 0.6) is 0 Å².